The summed E-state index contributed by atoms with van der Waals surface area (Å²) in [6, 6.07) is 10.6. The van der Waals surface area contributed by atoms with E-state index in [1.54, 1.807) is 36.9 Å². The summed E-state index contributed by atoms with van der Waals surface area (Å²) in [5.41, 5.74) is 2.35. The number of alkyl halides is 2. The maximum absolute atomic E-state index is 14.2. The first-order valence-electron chi connectivity index (χ1n) is 8.33. The standard InChI is InChI=1S/C19H18FIN4O/c1-2-21-16(8-11-26-21)18-12-17(19-22-9-5-10-23-19)24-25(18)13-14-6-3-4-7-15(14)20/h3-12,16H,2,13H2,1H3. The van der Waals surface area contributed by atoms with Crippen molar-refractivity contribution in [3.63, 3.8) is 0 Å². The number of hydrogen-bond donors (Lipinski definition) is 0. The van der Waals surface area contributed by atoms with Gasteiger partial charge in [0.15, 0.2) is 0 Å². The van der Waals surface area contributed by atoms with E-state index in [9.17, 15) is 4.39 Å². The van der Waals surface area contributed by atoms with Crippen LogP contribution in [0.5, 0.6) is 0 Å². The second-order valence-electron chi connectivity index (χ2n) is 5.72. The van der Waals surface area contributed by atoms with Gasteiger partial charge in [-0.25, -0.2) is 0 Å². The summed E-state index contributed by atoms with van der Waals surface area (Å²) in [5.74, 6) is 0.344. The van der Waals surface area contributed by atoms with Gasteiger partial charge in [0, 0.05) is 0 Å². The minimum atomic E-state index is -1.63. The second-order valence-corrected chi connectivity index (χ2v) is 11.1. The van der Waals surface area contributed by atoms with Crippen molar-refractivity contribution in [2.45, 2.75) is 17.4 Å². The molecule has 3 heterocycles. The first-order valence-corrected chi connectivity index (χ1v) is 12.0. The van der Waals surface area contributed by atoms with E-state index in [1.165, 1.54) is 6.07 Å². The van der Waals surface area contributed by atoms with Gasteiger partial charge in [0.05, 0.1) is 0 Å². The van der Waals surface area contributed by atoms with Gasteiger partial charge in [-0.3, -0.25) is 0 Å². The zero-order valence-corrected chi connectivity index (χ0v) is 16.4. The zero-order chi connectivity index (χ0) is 17.9. The van der Waals surface area contributed by atoms with Crippen LogP contribution in [0.25, 0.3) is 11.5 Å². The van der Waals surface area contributed by atoms with Crippen LogP contribution in [-0.4, -0.2) is 24.2 Å². The van der Waals surface area contributed by atoms with Gasteiger partial charge in [-0.05, 0) is 0 Å². The Kier molecular flexibility index (Phi) is 4.96. The molecule has 2 aromatic heterocycles. The fraction of sp³-hybridized carbons (Fsp3) is 0.211. The summed E-state index contributed by atoms with van der Waals surface area (Å²) in [6.45, 7) is 2.52. The number of halogens is 2. The summed E-state index contributed by atoms with van der Waals surface area (Å²) in [5, 5.41) is 4.69. The SMILES string of the molecule is CCI1OC=CC1c1cc(-c2ncccn2)nn1Cc1ccccc1F. The summed E-state index contributed by atoms with van der Waals surface area (Å²) in [6.07, 6.45) is 7.29. The number of hydrogen-bond acceptors (Lipinski definition) is 4. The van der Waals surface area contributed by atoms with Crippen molar-refractivity contribution in [2.24, 2.45) is 0 Å². The molecule has 0 saturated carbocycles. The third-order valence-electron chi connectivity index (χ3n) is 4.11. The predicted molar refractivity (Wildman–Crippen MR) is 106 cm³/mol. The van der Waals surface area contributed by atoms with E-state index >= 15 is 0 Å². The molecule has 26 heavy (non-hydrogen) atoms. The molecule has 0 amide bonds. The van der Waals surface area contributed by atoms with Crippen molar-refractivity contribution in [1.82, 2.24) is 19.7 Å². The van der Waals surface area contributed by atoms with Crippen LogP contribution in [0.2, 0.25) is 0 Å². The van der Waals surface area contributed by atoms with Gasteiger partial charge in [0.2, 0.25) is 0 Å². The van der Waals surface area contributed by atoms with Gasteiger partial charge >= 0.3 is 159 Å². The van der Waals surface area contributed by atoms with E-state index in [2.05, 4.69) is 23.0 Å². The first kappa shape index (κ1) is 17.1. The topological polar surface area (TPSA) is 52.8 Å². The molecule has 4 rings (SSSR count). The fourth-order valence-corrected chi connectivity index (χ4v) is 6.88. The molecule has 134 valence electrons. The van der Waals surface area contributed by atoms with E-state index in [-0.39, 0.29) is 9.74 Å². The number of benzene rings is 1. The Hall–Kier alpha value is -2.29. The number of nitrogens with zero attached hydrogens (tertiary/aromatic N) is 4. The Morgan fingerprint density at radius 3 is 2.77 bits per heavy atom. The normalized spacial score (nSPS) is 17.5. The molecule has 5 nitrogen and oxygen atoms in total. The van der Waals surface area contributed by atoms with Crippen molar-refractivity contribution in [1.29, 1.82) is 0 Å². The number of rotatable bonds is 5. The van der Waals surface area contributed by atoms with Crippen LogP contribution in [0.3, 0.4) is 0 Å². The molecule has 1 atom stereocenters. The van der Waals surface area contributed by atoms with Crippen LogP contribution in [0, 0.1) is 5.82 Å². The van der Waals surface area contributed by atoms with Gasteiger partial charge in [0.25, 0.3) is 0 Å². The molecule has 0 aliphatic carbocycles. The summed E-state index contributed by atoms with van der Waals surface area (Å²) in [7, 11) is 0. The Balaban J connectivity index is 1.77. The Morgan fingerprint density at radius 1 is 1.19 bits per heavy atom. The molecule has 0 saturated heterocycles. The average Bonchev–Trinajstić information content (AvgIpc) is 3.30. The second kappa shape index (κ2) is 7.53. The molecule has 0 fully saturated rings. The molecule has 1 unspecified atom stereocenters. The summed E-state index contributed by atoms with van der Waals surface area (Å²) < 4.78 is 23.1. The van der Waals surface area contributed by atoms with Crippen molar-refractivity contribution < 1.29 is 7.46 Å². The van der Waals surface area contributed by atoms with E-state index in [0.29, 0.717) is 23.6 Å². The summed E-state index contributed by atoms with van der Waals surface area (Å²) in [4.78, 5) is 8.59. The Morgan fingerprint density at radius 2 is 2.00 bits per heavy atom. The van der Waals surface area contributed by atoms with E-state index in [4.69, 9.17) is 8.16 Å². The van der Waals surface area contributed by atoms with Crippen LogP contribution < -0.4 is 0 Å². The Labute approximate surface area is 158 Å². The molecule has 0 N–H and O–H groups in total. The molecule has 0 radical (unpaired) electrons. The van der Waals surface area contributed by atoms with Crippen LogP contribution in [0.1, 0.15) is 22.1 Å². The third-order valence-corrected chi connectivity index (χ3v) is 9.11. The number of allylic oxidation sites excluding steroid dienone is 1. The zero-order valence-electron chi connectivity index (χ0n) is 14.2. The van der Waals surface area contributed by atoms with Crippen molar-refractivity contribution in [3.8, 4) is 11.5 Å². The van der Waals surface area contributed by atoms with Crippen molar-refractivity contribution in [2.75, 3.05) is 4.43 Å². The molecule has 1 aliphatic rings. The van der Waals surface area contributed by atoms with Crippen LogP contribution in [0.4, 0.5) is 4.39 Å². The molecule has 3 aromatic rings. The molecule has 1 aromatic carbocycles. The summed E-state index contributed by atoms with van der Waals surface area (Å²) >= 11 is -1.63. The van der Waals surface area contributed by atoms with Crippen molar-refractivity contribution >= 4 is 20.2 Å². The van der Waals surface area contributed by atoms with Crippen LogP contribution in [0.15, 0.2) is 61.1 Å². The maximum atomic E-state index is 14.2. The van der Waals surface area contributed by atoms with Crippen molar-refractivity contribution in [3.05, 3.63) is 78.2 Å². The molecule has 0 bridgehead atoms. The van der Waals surface area contributed by atoms with E-state index in [0.717, 1.165) is 10.1 Å². The van der Waals surface area contributed by atoms with Gasteiger partial charge < -0.3 is 0 Å². The van der Waals surface area contributed by atoms with Crippen LogP contribution >= 0.6 is 20.2 Å². The fourth-order valence-electron chi connectivity index (χ4n) is 2.86. The first-order chi connectivity index (χ1) is 12.8. The molecule has 7 heteroatoms. The third kappa shape index (κ3) is 3.35. The Bertz CT molecular complexity index is 928. The molecular formula is C19H18FIN4O. The van der Waals surface area contributed by atoms with Crippen LogP contribution in [-0.2, 0) is 9.61 Å². The predicted octanol–water partition coefficient (Wildman–Crippen LogP) is 4.55. The van der Waals surface area contributed by atoms with E-state index < -0.39 is 20.2 Å². The van der Waals surface area contributed by atoms with Gasteiger partial charge in [0.1, 0.15) is 0 Å². The van der Waals surface area contributed by atoms with Gasteiger partial charge in [-0.1, -0.05) is 0 Å². The molecule has 1 aliphatic heterocycles. The number of aromatic nitrogens is 4. The molecule has 0 spiro atoms. The van der Waals surface area contributed by atoms with E-state index in [1.807, 2.05) is 16.8 Å². The molecular weight excluding hydrogens is 446 g/mol. The average molecular weight is 464 g/mol. The quantitative estimate of drug-likeness (QED) is 0.411. The monoisotopic (exact) mass is 464 g/mol. The van der Waals surface area contributed by atoms with Gasteiger partial charge in [-0.2, -0.15) is 0 Å². The van der Waals surface area contributed by atoms with Gasteiger partial charge in [-0.15, -0.1) is 0 Å². The minimum absolute atomic E-state index is 0.223.